The molecule has 4 nitrogen and oxygen atoms in total. The Morgan fingerprint density at radius 2 is 1.95 bits per heavy atom. The highest BCUT2D eigenvalue weighted by Crippen LogP contribution is 2.38. The zero-order valence-corrected chi connectivity index (χ0v) is 11.5. The van der Waals surface area contributed by atoms with Gasteiger partial charge in [0.1, 0.15) is 4.70 Å². The number of nitrogens with zero attached hydrogens (tertiary/aromatic N) is 1. The molecule has 2 rings (SSSR count). The van der Waals surface area contributed by atoms with E-state index in [1.54, 1.807) is 6.26 Å². The Balaban J connectivity index is 2.93. The summed E-state index contributed by atoms with van der Waals surface area (Å²) >= 11 is 2.13. The van der Waals surface area contributed by atoms with E-state index in [4.69, 9.17) is 0 Å². The predicted molar refractivity (Wildman–Crippen MR) is 71.5 cm³/mol. The first kappa shape index (κ1) is 14.8. The number of non-ortho nitro benzene ring substituents is 1. The van der Waals surface area contributed by atoms with Crippen molar-refractivity contribution in [3.63, 3.8) is 0 Å². The molecule has 1 aromatic carbocycles. The summed E-state index contributed by atoms with van der Waals surface area (Å²) in [7, 11) is 0. The van der Waals surface area contributed by atoms with Gasteiger partial charge in [-0.2, -0.15) is 13.2 Å². The maximum atomic E-state index is 12.7. The molecule has 0 atom stereocenters. The average Bonchev–Trinajstić information content (AvgIpc) is 2.36. The number of fused-ring (bicyclic) bond motifs is 1. The van der Waals surface area contributed by atoms with Gasteiger partial charge in [0.2, 0.25) is 0 Å². The van der Waals surface area contributed by atoms with E-state index in [1.807, 2.05) is 0 Å². The number of rotatable bonds is 2. The third-order valence-corrected chi connectivity index (χ3v) is 4.73. The smallest absolute Gasteiger partial charge is 0.289 e. The van der Waals surface area contributed by atoms with Gasteiger partial charge >= 0.3 is 6.18 Å². The zero-order chi connectivity index (χ0) is 15.1. The van der Waals surface area contributed by atoms with Crippen molar-refractivity contribution in [2.75, 3.05) is 6.26 Å². The first-order valence-electron chi connectivity index (χ1n) is 5.11. The van der Waals surface area contributed by atoms with E-state index in [9.17, 15) is 28.1 Å². The fraction of sp³-hybridized carbons (Fsp3) is 0.182. The van der Waals surface area contributed by atoms with Crippen LogP contribution in [0.1, 0.15) is 5.56 Å². The maximum Gasteiger partial charge on any atom is 0.416 e. The molecule has 0 amide bonds. The molecule has 0 aliphatic carbocycles. The summed E-state index contributed by atoms with van der Waals surface area (Å²) < 4.78 is 38.6. The zero-order valence-electron chi connectivity index (χ0n) is 9.85. The van der Waals surface area contributed by atoms with E-state index in [2.05, 4.69) is 0 Å². The number of thioether (sulfide) groups is 1. The molecular weight excluding hydrogens is 315 g/mol. The SMILES string of the molecule is CSc1cc(=O)c2cc(C(F)(F)F)cc([N+](=O)[O-])c2s1. The summed E-state index contributed by atoms with van der Waals surface area (Å²) in [5, 5.41) is 10.7. The third kappa shape index (κ3) is 2.63. The third-order valence-electron chi connectivity index (χ3n) is 2.51. The number of nitro groups is 1. The molecule has 0 radical (unpaired) electrons. The van der Waals surface area contributed by atoms with E-state index in [0.29, 0.717) is 16.3 Å². The van der Waals surface area contributed by atoms with Crippen LogP contribution in [0.4, 0.5) is 18.9 Å². The second kappa shape index (κ2) is 5.06. The minimum atomic E-state index is -4.74. The maximum absolute atomic E-state index is 12.7. The number of benzene rings is 1. The van der Waals surface area contributed by atoms with Crippen molar-refractivity contribution in [2.45, 2.75) is 10.4 Å². The number of hydrogen-bond donors (Lipinski definition) is 0. The molecule has 0 saturated carbocycles. The molecule has 1 heterocycles. The van der Waals surface area contributed by atoms with Gasteiger partial charge in [0, 0.05) is 17.5 Å². The molecule has 106 valence electrons. The Morgan fingerprint density at radius 3 is 2.45 bits per heavy atom. The van der Waals surface area contributed by atoms with Crippen molar-refractivity contribution in [1.29, 1.82) is 0 Å². The van der Waals surface area contributed by atoms with Crippen LogP contribution >= 0.6 is 23.1 Å². The van der Waals surface area contributed by atoms with Crippen molar-refractivity contribution in [1.82, 2.24) is 0 Å². The highest BCUT2D eigenvalue weighted by Gasteiger charge is 2.33. The lowest BCUT2D eigenvalue weighted by atomic mass is 10.1. The number of alkyl halides is 3. The van der Waals surface area contributed by atoms with Crippen molar-refractivity contribution in [2.24, 2.45) is 0 Å². The second-order valence-corrected chi connectivity index (χ2v) is 5.92. The molecule has 0 aliphatic heterocycles. The van der Waals surface area contributed by atoms with Gasteiger partial charge in [-0.1, -0.05) is 0 Å². The summed E-state index contributed by atoms with van der Waals surface area (Å²) in [4.78, 5) is 21.9. The Morgan fingerprint density at radius 1 is 1.30 bits per heavy atom. The Bertz CT molecular complexity index is 755. The van der Waals surface area contributed by atoms with Gasteiger partial charge in [-0.3, -0.25) is 14.9 Å². The van der Waals surface area contributed by atoms with Crippen molar-refractivity contribution >= 4 is 38.9 Å². The first-order valence-corrected chi connectivity index (χ1v) is 7.15. The molecule has 0 bridgehead atoms. The second-order valence-electron chi connectivity index (χ2n) is 3.76. The highest BCUT2D eigenvalue weighted by atomic mass is 32.2. The lowest BCUT2D eigenvalue weighted by Gasteiger charge is -2.08. The monoisotopic (exact) mass is 321 g/mol. The fourth-order valence-corrected chi connectivity index (χ4v) is 3.30. The standard InChI is InChI=1S/C11H6F3NO3S2/c1-19-9-4-8(16)6-2-5(11(12,13)14)3-7(15(17)18)10(6)20-9/h2-4H,1H3. The summed E-state index contributed by atoms with van der Waals surface area (Å²) in [6, 6.07) is 2.30. The number of halogens is 3. The summed E-state index contributed by atoms with van der Waals surface area (Å²) in [6.07, 6.45) is -3.07. The molecular formula is C11H6F3NO3S2. The van der Waals surface area contributed by atoms with Crippen LogP contribution in [0.2, 0.25) is 0 Å². The largest absolute Gasteiger partial charge is 0.416 e. The van der Waals surface area contributed by atoms with Crippen LogP contribution in [-0.2, 0) is 6.18 Å². The minimum absolute atomic E-state index is 0.0418. The van der Waals surface area contributed by atoms with Crippen LogP contribution in [0.3, 0.4) is 0 Å². The van der Waals surface area contributed by atoms with Crippen LogP contribution in [0.5, 0.6) is 0 Å². The minimum Gasteiger partial charge on any atom is -0.289 e. The highest BCUT2D eigenvalue weighted by molar-refractivity contribution is 8.00. The Kier molecular flexibility index (Phi) is 3.74. The molecule has 0 fully saturated rings. The van der Waals surface area contributed by atoms with E-state index in [1.165, 1.54) is 17.8 Å². The van der Waals surface area contributed by atoms with E-state index < -0.39 is 27.8 Å². The molecule has 9 heteroatoms. The molecule has 0 spiro atoms. The fourth-order valence-electron chi connectivity index (χ4n) is 1.62. The molecule has 20 heavy (non-hydrogen) atoms. The van der Waals surface area contributed by atoms with Gasteiger partial charge in [-0.25, -0.2) is 0 Å². The quantitative estimate of drug-likeness (QED) is 0.478. The first-order chi connectivity index (χ1) is 9.24. The average molecular weight is 321 g/mol. The van der Waals surface area contributed by atoms with Crippen LogP contribution in [0.25, 0.3) is 10.1 Å². The van der Waals surface area contributed by atoms with E-state index in [0.717, 1.165) is 11.3 Å². The molecule has 1 aromatic heterocycles. The molecule has 0 saturated heterocycles. The predicted octanol–water partition coefficient (Wildman–Crippen LogP) is 3.91. The van der Waals surface area contributed by atoms with Crippen LogP contribution in [0.15, 0.2) is 27.2 Å². The van der Waals surface area contributed by atoms with Gasteiger partial charge in [-0.15, -0.1) is 23.1 Å². The summed E-state index contributed by atoms with van der Waals surface area (Å²) in [5.74, 6) is 0. The molecule has 0 aliphatic rings. The van der Waals surface area contributed by atoms with Gasteiger partial charge in [0.15, 0.2) is 5.43 Å². The van der Waals surface area contributed by atoms with Gasteiger partial charge in [-0.05, 0) is 12.3 Å². The van der Waals surface area contributed by atoms with E-state index in [-0.39, 0.29) is 10.1 Å². The summed E-state index contributed by atoms with van der Waals surface area (Å²) in [5.41, 5.74) is -2.55. The lowest BCUT2D eigenvalue weighted by molar-refractivity contribution is -0.383. The summed E-state index contributed by atoms with van der Waals surface area (Å²) in [6.45, 7) is 0. The molecule has 2 aromatic rings. The van der Waals surface area contributed by atoms with Crippen LogP contribution < -0.4 is 5.43 Å². The number of hydrogen-bond acceptors (Lipinski definition) is 5. The Labute approximate surface area is 118 Å². The number of nitro benzene ring substituents is 1. The normalized spacial score (nSPS) is 11.8. The van der Waals surface area contributed by atoms with Crippen LogP contribution in [-0.4, -0.2) is 11.2 Å². The Hall–Kier alpha value is -1.61. The van der Waals surface area contributed by atoms with Gasteiger partial charge < -0.3 is 0 Å². The van der Waals surface area contributed by atoms with Crippen molar-refractivity contribution in [3.8, 4) is 0 Å². The van der Waals surface area contributed by atoms with Gasteiger partial charge in [0.05, 0.1) is 14.7 Å². The van der Waals surface area contributed by atoms with E-state index >= 15 is 0 Å². The van der Waals surface area contributed by atoms with Crippen molar-refractivity contribution < 1.29 is 18.1 Å². The van der Waals surface area contributed by atoms with Crippen LogP contribution in [0, 0.1) is 10.1 Å². The lowest BCUT2D eigenvalue weighted by Crippen LogP contribution is -2.08. The van der Waals surface area contributed by atoms with Gasteiger partial charge in [0.25, 0.3) is 5.69 Å². The topological polar surface area (TPSA) is 60.2 Å². The molecule has 0 N–H and O–H groups in total. The van der Waals surface area contributed by atoms with Crippen molar-refractivity contribution in [3.05, 3.63) is 44.1 Å². The molecule has 0 unspecified atom stereocenters.